The number of nitrogens with one attached hydrogen (secondary N) is 1. The number of carbonyl (C=O) groups excluding carboxylic acids is 2. The van der Waals surface area contributed by atoms with Crippen molar-refractivity contribution in [2.45, 2.75) is 59.3 Å². The van der Waals surface area contributed by atoms with Crippen LogP contribution in [0.3, 0.4) is 0 Å². The quantitative estimate of drug-likeness (QED) is 0.753. The Morgan fingerprint density at radius 1 is 1.09 bits per heavy atom. The summed E-state index contributed by atoms with van der Waals surface area (Å²) in [5, 5.41) is 2.72. The minimum Gasteiger partial charge on any atom is -0.349 e. The molecule has 0 aliphatic carbocycles. The fourth-order valence-electron chi connectivity index (χ4n) is 2.36. The summed E-state index contributed by atoms with van der Waals surface area (Å²) in [5.74, 6) is 0.471. The molecule has 1 rings (SSSR count). The average Bonchev–Trinajstić information content (AvgIpc) is 2.50. The molecular formula is C19H29NO2. The van der Waals surface area contributed by atoms with Gasteiger partial charge in [0.1, 0.15) is 0 Å². The lowest BCUT2D eigenvalue weighted by atomic mass is 9.94. The van der Waals surface area contributed by atoms with E-state index in [1.165, 1.54) is 5.56 Å². The van der Waals surface area contributed by atoms with E-state index in [9.17, 15) is 9.59 Å². The largest absolute Gasteiger partial charge is 0.349 e. The summed E-state index contributed by atoms with van der Waals surface area (Å²) in [6.07, 6.45) is 3.41. The minimum absolute atomic E-state index is 0.0327. The zero-order chi connectivity index (χ0) is 16.5. The lowest BCUT2D eigenvalue weighted by molar-refractivity contribution is -0.125. The van der Waals surface area contributed by atoms with Crippen molar-refractivity contribution in [1.29, 1.82) is 0 Å². The molecule has 122 valence electrons. The molecule has 3 heteroatoms. The van der Waals surface area contributed by atoms with Gasteiger partial charge in [-0.15, -0.1) is 0 Å². The van der Waals surface area contributed by atoms with E-state index in [4.69, 9.17) is 0 Å². The molecule has 1 atom stereocenters. The smallest absolute Gasteiger partial charge is 0.220 e. The van der Waals surface area contributed by atoms with Crippen molar-refractivity contribution >= 4 is 11.7 Å². The van der Waals surface area contributed by atoms with Crippen LogP contribution in [0.5, 0.6) is 0 Å². The highest BCUT2D eigenvalue weighted by Gasteiger charge is 2.15. The first-order valence-corrected chi connectivity index (χ1v) is 8.32. The number of hydrogen-bond acceptors (Lipinski definition) is 2. The molecule has 0 bridgehead atoms. The highest BCUT2D eigenvalue weighted by atomic mass is 16.2. The van der Waals surface area contributed by atoms with Gasteiger partial charge in [-0.1, -0.05) is 58.4 Å². The van der Waals surface area contributed by atoms with E-state index >= 15 is 0 Å². The van der Waals surface area contributed by atoms with E-state index in [-0.39, 0.29) is 24.2 Å². The Balaban J connectivity index is 2.50. The Morgan fingerprint density at radius 2 is 1.73 bits per heavy atom. The number of amides is 1. The first-order chi connectivity index (χ1) is 10.4. The first-order valence-electron chi connectivity index (χ1n) is 8.32. The second kappa shape index (κ2) is 9.39. The van der Waals surface area contributed by atoms with Gasteiger partial charge in [-0.2, -0.15) is 0 Å². The van der Waals surface area contributed by atoms with Crippen molar-refractivity contribution in [1.82, 2.24) is 5.32 Å². The maximum absolute atomic E-state index is 12.2. The summed E-state index contributed by atoms with van der Waals surface area (Å²) in [6.45, 7) is 8.46. The van der Waals surface area contributed by atoms with Gasteiger partial charge >= 0.3 is 0 Å². The number of carbonyl (C=O) groups is 2. The predicted octanol–water partition coefficient (Wildman–Crippen LogP) is 3.86. The van der Waals surface area contributed by atoms with Gasteiger partial charge in [0.2, 0.25) is 5.91 Å². The van der Waals surface area contributed by atoms with Crippen molar-refractivity contribution in [2.75, 3.05) is 6.54 Å². The summed E-state index contributed by atoms with van der Waals surface area (Å²) < 4.78 is 0. The summed E-state index contributed by atoms with van der Waals surface area (Å²) >= 11 is 0. The Kier molecular flexibility index (Phi) is 7.86. The number of unbranched alkanes of at least 4 members (excludes halogenated alkanes) is 1. The number of benzene rings is 1. The molecule has 0 saturated heterocycles. The SMILES string of the molecule is CCCCC(=O)NCC(=O)C(C)c1ccc(CC(C)C)cc1. The van der Waals surface area contributed by atoms with Crippen molar-refractivity contribution in [3.05, 3.63) is 35.4 Å². The molecule has 22 heavy (non-hydrogen) atoms. The highest BCUT2D eigenvalue weighted by Crippen LogP contribution is 2.18. The Morgan fingerprint density at radius 3 is 2.27 bits per heavy atom. The van der Waals surface area contributed by atoms with Crippen LogP contribution in [0.1, 0.15) is 64.0 Å². The monoisotopic (exact) mass is 303 g/mol. The van der Waals surface area contributed by atoms with E-state index < -0.39 is 0 Å². The van der Waals surface area contributed by atoms with Crippen molar-refractivity contribution in [2.24, 2.45) is 5.92 Å². The molecule has 0 aliphatic rings. The van der Waals surface area contributed by atoms with Gasteiger partial charge < -0.3 is 5.32 Å². The van der Waals surface area contributed by atoms with Gasteiger partial charge in [-0.3, -0.25) is 9.59 Å². The predicted molar refractivity (Wildman–Crippen MR) is 90.9 cm³/mol. The molecule has 0 heterocycles. The maximum atomic E-state index is 12.2. The van der Waals surface area contributed by atoms with Gasteiger partial charge in [0.15, 0.2) is 5.78 Å². The molecule has 0 radical (unpaired) electrons. The van der Waals surface area contributed by atoms with E-state index in [2.05, 4.69) is 31.3 Å². The van der Waals surface area contributed by atoms with Crippen LogP contribution in [-0.2, 0) is 16.0 Å². The van der Waals surface area contributed by atoms with Crippen LogP contribution in [0.15, 0.2) is 24.3 Å². The van der Waals surface area contributed by atoms with Gasteiger partial charge in [0.05, 0.1) is 6.54 Å². The fourth-order valence-corrected chi connectivity index (χ4v) is 2.36. The summed E-state index contributed by atoms with van der Waals surface area (Å²) in [5.41, 5.74) is 2.31. The first kappa shape index (κ1) is 18.4. The van der Waals surface area contributed by atoms with Crippen LogP contribution < -0.4 is 5.32 Å². The topological polar surface area (TPSA) is 46.2 Å². The molecule has 0 aromatic heterocycles. The van der Waals surface area contributed by atoms with E-state index in [1.54, 1.807) is 0 Å². The molecule has 0 aliphatic heterocycles. The lowest BCUT2D eigenvalue weighted by Gasteiger charge is -2.13. The zero-order valence-corrected chi connectivity index (χ0v) is 14.3. The number of rotatable bonds is 9. The Bertz CT molecular complexity index is 477. The van der Waals surface area contributed by atoms with Gasteiger partial charge in [-0.05, 0) is 29.9 Å². The normalized spacial score (nSPS) is 12.2. The van der Waals surface area contributed by atoms with Crippen LogP contribution in [0.25, 0.3) is 0 Å². The third kappa shape index (κ3) is 6.42. The number of ketones is 1. The molecule has 1 N–H and O–H groups in total. The molecule has 1 unspecified atom stereocenters. The number of hydrogen-bond donors (Lipinski definition) is 1. The maximum Gasteiger partial charge on any atom is 0.220 e. The summed E-state index contributed by atoms with van der Waals surface area (Å²) in [4.78, 5) is 23.7. The molecular weight excluding hydrogens is 274 g/mol. The second-order valence-electron chi connectivity index (χ2n) is 6.41. The molecule has 1 aromatic carbocycles. The molecule has 0 spiro atoms. The summed E-state index contributed by atoms with van der Waals surface area (Å²) in [6, 6.07) is 8.25. The summed E-state index contributed by atoms with van der Waals surface area (Å²) in [7, 11) is 0. The van der Waals surface area contributed by atoms with E-state index in [0.29, 0.717) is 12.3 Å². The second-order valence-corrected chi connectivity index (χ2v) is 6.41. The van der Waals surface area contributed by atoms with Gasteiger partial charge in [-0.25, -0.2) is 0 Å². The zero-order valence-electron chi connectivity index (χ0n) is 14.3. The standard InChI is InChI=1S/C19H29NO2/c1-5-6-7-19(22)20-13-18(21)15(4)17-10-8-16(9-11-17)12-14(2)3/h8-11,14-15H,5-7,12-13H2,1-4H3,(H,20,22). The lowest BCUT2D eigenvalue weighted by Crippen LogP contribution is -2.31. The average molecular weight is 303 g/mol. The van der Waals surface area contributed by atoms with Crippen LogP contribution in [0.4, 0.5) is 0 Å². The molecule has 3 nitrogen and oxygen atoms in total. The highest BCUT2D eigenvalue weighted by molar-refractivity contribution is 5.90. The number of Topliss-reactive ketones (excluding diaryl/α,β-unsaturated/α-hetero) is 1. The van der Waals surface area contributed by atoms with Crippen LogP contribution >= 0.6 is 0 Å². The van der Waals surface area contributed by atoms with Crippen molar-refractivity contribution in [3.8, 4) is 0 Å². The minimum atomic E-state index is -0.181. The van der Waals surface area contributed by atoms with Gasteiger partial charge in [0.25, 0.3) is 0 Å². The molecule has 1 aromatic rings. The Labute approximate surface area is 134 Å². The third-order valence-electron chi connectivity index (χ3n) is 3.82. The molecule has 0 fully saturated rings. The molecule has 1 amide bonds. The Hall–Kier alpha value is -1.64. The van der Waals surface area contributed by atoms with Crippen LogP contribution in [0.2, 0.25) is 0 Å². The van der Waals surface area contributed by atoms with Crippen LogP contribution in [0, 0.1) is 5.92 Å². The van der Waals surface area contributed by atoms with E-state index in [0.717, 1.165) is 24.8 Å². The molecule has 0 saturated carbocycles. The fraction of sp³-hybridized carbons (Fsp3) is 0.579. The van der Waals surface area contributed by atoms with Crippen LogP contribution in [-0.4, -0.2) is 18.2 Å². The van der Waals surface area contributed by atoms with Crippen molar-refractivity contribution in [3.63, 3.8) is 0 Å². The van der Waals surface area contributed by atoms with Crippen molar-refractivity contribution < 1.29 is 9.59 Å². The van der Waals surface area contributed by atoms with Gasteiger partial charge in [0, 0.05) is 12.3 Å². The van der Waals surface area contributed by atoms with E-state index in [1.807, 2.05) is 26.0 Å². The third-order valence-corrected chi connectivity index (χ3v) is 3.82.